The lowest BCUT2D eigenvalue weighted by Gasteiger charge is -2.16. The maximum absolute atomic E-state index is 12.1. The summed E-state index contributed by atoms with van der Waals surface area (Å²) in [5.74, 6) is -0.0423. The fourth-order valence-corrected chi connectivity index (χ4v) is 2.24. The summed E-state index contributed by atoms with van der Waals surface area (Å²) in [7, 11) is 0. The maximum atomic E-state index is 12.1. The van der Waals surface area contributed by atoms with Gasteiger partial charge in [0.15, 0.2) is 0 Å². The van der Waals surface area contributed by atoms with E-state index in [2.05, 4.69) is 0 Å². The molecule has 1 amide bonds. The number of aliphatic hydroxyl groups is 2. The summed E-state index contributed by atoms with van der Waals surface area (Å²) in [5, 5.41) is 18.9. The number of aryl methyl sites for hydroxylation is 2. The van der Waals surface area contributed by atoms with Gasteiger partial charge in [0.05, 0.1) is 18.6 Å². The molecule has 18 heavy (non-hydrogen) atoms. The van der Waals surface area contributed by atoms with E-state index in [-0.39, 0.29) is 19.0 Å². The number of carbonyl (C=O) groups is 1. The van der Waals surface area contributed by atoms with E-state index in [9.17, 15) is 15.0 Å². The molecule has 98 valence electrons. The predicted octanol–water partition coefficient (Wildman–Crippen LogP) is 0.410. The van der Waals surface area contributed by atoms with Crippen LogP contribution in [-0.2, 0) is 11.2 Å². The van der Waals surface area contributed by atoms with Gasteiger partial charge < -0.3 is 15.1 Å². The highest BCUT2D eigenvalue weighted by molar-refractivity contribution is 5.79. The Labute approximate surface area is 107 Å². The van der Waals surface area contributed by atoms with Crippen LogP contribution in [0.3, 0.4) is 0 Å². The average molecular weight is 249 g/mol. The predicted molar refractivity (Wildman–Crippen MR) is 68.2 cm³/mol. The van der Waals surface area contributed by atoms with Gasteiger partial charge in [0.25, 0.3) is 0 Å². The molecular weight excluding hydrogens is 230 g/mol. The molecule has 0 radical (unpaired) electrons. The molecule has 2 unspecified atom stereocenters. The van der Waals surface area contributed by atoms with Crippen molar-refractivity contribution in [3.63, 3.8) is 0 Å². The molecule has 0 saturated carbocycles. The van der Waals surface area contributed by atoms with Gasteiger partial charge in [-0.3, -0.25) is 4.79 Å². The second kappa shape index (κ2) is 5.08. The zero-order valence-electron chi connectivity index (χ0n) is 10.8. The highest BCUT2D eigenvalue weighted by atomic mass is 16.3. The summed E-state index contributed by atoms with van der Waals surface area (Å²) in [5.41, 5.74) is 3.23. The van der Waals surface area contributed by atoms with Gasteiger partial charge in [-0.2, -0.15) is 0 Å². The maximum Gasteiger partial charge on any atom is 0.227 e. The number of nitrogens with zero attached hydrogens (tertiary/aromatic N) is 1. The Hall–Kier alpha value is -1.39. The van der Waals surface area contributed by atoms with Crippen molar-refractivity contribution in [2.24, 2.45) is 0 Å². The Morgan fingerprint density at radius 2 is 1.89 bits per heavy atom. The fraction of sp³-hybridized carbons (Fsp3) is 0.500. The molecule has 0 aliphatic carbocycles. The smallest absolute Gasteiger partial charge is 0.227 e. The van der Waals surface area contributed by atoms with Crippen LogP contribution >= 0.6 is 0 Å². The highest BCUT2D eigenvalue weighted by Gasteiger charge is 2.32. The second-order valence-electron chi connectivity index (χ2n) is 5.04. The minimum Gasteiger partial charge on any atom is -0.388 e. The molecule has 0 spiro atoms. The van der Waals surface area contributed by atoms with Gasteiger partial charge >= 0.3 is 0 Å². The van der Waals surface area contributed by atoms with Crippen molar-refractivity contribution < 1.29 is 15.0 Å². The summed E-state index contributed by atoms with van der Waals surface area (Å²) in [6.07, 6.45) is -1.30. The first kappa shape index (κ1) is 13.1. The third-order valence-corrected chi connectivity index (χ3v) is 3.46. The first-order valence-corrected chi connectivity index (χ1v) is 6.17. The molecule has 0 bridgehead atoms. The van der Waals surface area contributed by atoms with E-state index in [0.29, 0.717) is 6.42 Å². The van der Waals surface area contributed by atoms with E-state index in [1.807, 2.05) is 32.0 Å². The topological polar surface area (TPSA) is 60.8 Å². The number of benzene rings is 1. The summed E-state index contributed by atoms with van der Waals surface area (Å²) in [6.45, 7) is 4.43. The Kier molecular flexibility index (Phi) is 3.68. The molecular formula is C14H19NO3. The molecule has 2 atom stereocenters. The number of likely N-dealkylation sites (tertiary alicyclic amines) is 1. The van der Waals surface area contributed by atoms with Crippen molar-refractivity contribution in [1.29, 1.82) is 0 Å². The number of β-amino-alcohol motifs (C(OH)–C–C–N with tert-alkyl or cyclic N) is 2. The molecule has 1 aliphatic heterocycles. The molecule has 4 heteroatoms. The van der Waals surface area contributed by atoms with Crippen molar-refractivity contribution >= 4 is 5.91 Å². The number of amides is 1. The van der Waals surface area contributed by atoms with Gasteiger partial charge in [-0.25, -0.2) is 0 Å². The number of aliphatic hydroxyl groups excluding tert-OH is 2. The van der Waals surface area contributed by atoms with E-state index in [4.69, 9.17) is 0 Å². The quantitative estimate of drug-likeness (QED) is 0.798. The summed E-state index contributed by atoms with van der Waals surface area (Å²) in [4.78, 5) is 13.6. The lowest BCUT2D eigenvalue weighted by molar-refractivity contribution is -0.130. The van der Waals surface area contributed by atoms with Crippen LogP contribution in [0, 0.1) is 13.8 Å². The van der Waals surface area contributed by atoms with Crippen LogP contribution < -0.4 is 0 Å². The van der Waals surface area contributed by atoms with Gasteiger partial charge in [-0.15, -0.1) is 0 Å². The first-order chi connectivity index (χ1) is 8.47. The van der Waals surface area contributed by atoms with Gasteiger partial charge in [0.2, 0.25) is 5.91 Å². The average Bonchev–Trinajstić information content (AvgIpc) is 2.64. The van der Waals surface area contributed by atoms with Crippen molar-refractivity contribution in [1.82, 2.24) is 4.90 Å². The SMILES string of the molecule is Cc1ccc(C)c(CC(=O)N2CC(O)C(O)C2)c1. The van der Waals surface area contributed by atoms with Crippen LogP contribution in [0.15, 0.2) is 18.2 Å². The molecule has 1 aliphatic rings. The van der Waals surface area contributed by atoms with Crippen molar-refractivity contribution in [3.05, 3.63) is 34.9 Å². The van der Waals surface area contributed by atoms with Crippen LogP contribution in [0.5, 0.6) is 0 Å². The van der Waals surface area contributed by atoms with E-state index >= 15 is 0 Å². The monoisotopic (exact) mass is 249 g/mol. The summed E-state index contributed by atoms with van der Waals surface area (Å²) in [6, 6.07) is 6.04. The molecule has 0 aromatic heterocycles. The van der Waals surface area contributed by atoms with E-state index in [0.717, 1.165) is 16.7 Å². The van der Waals surface area contributed by atoms with Gasteiger partial charge in [0, 0.05) is 13.1 Å². The minimum absolute atomic E-state index is 0.0423. The van der Waals surface area contributed by atoms with Crippen LogP contribution in [0.4, 0.5) is 0 Å². The molecule has 4 nitrogen and oxygen atoms in total. The van der Waals surface area contributed by atoms with Gasteiger partial charge in [0.1, 0.15) is 0 Å². The summed E-state index contributed by atoms with van der Waals surface area (Å²) >= 11 is 0. The number of rotatable bonds is 2. The van der Waals surface area contributed by atoms with E-state index in [1.165, 1.54) is 4.90 Å². The standard InChI is InChI=1S/C14H19NO3/c1-9-3-4-10(2)11(5-9)6-14(18)15-7-12(16)13(17)8-15/h3-5,12-13,16-17H,6-8H2,1-2H3. The lowest BCUT2D eigenvalue weighted by atomic mass is 10.0. The Bertz CT molecular complexity index is 448. The molecule has 1 aromatic carbocycles. The van der Waals surface area contributed by atoms with E-state index in [1.54, 1.807) is 0 Å². The first-order valence-electron chi connectivity index (χ1n) is 6.17. The van der Waals surface area contributed by atoms with Gasteiger partial charge in [-0.05, 0) is 25.0 Å². The second-order valence-corrected chi connectivity index (χ2v) is 5.04. The molecule has 1 saturated heterocycles. The summed E-state index contributed by atoms with van der Waals surface area (Å²) < 4.78 is 0. The zero-order valence-corrected chi connectivity index (χ0v) is 10.8. The van der Waals surface area contributed by atoms with E-state index < -0.39 is 12.2 Å². The van der Waals surface area contributed by atoms with Crippen LogP contribution in [0.2, 0.25) is 0 Å². The highest BCUT2D eigenvalue weighted by Crippen LogP contribution is 2.15. The molecule has 1 heterocycles. The van der Waals surface area contributed by atoms with Crippen LogP contribution in [0.1, 0.15) is 16.7 Å². The molecule has 2 N–H and O–H groups in total. The number of hydrogen-bond acceptors (Lipinski definition) is 3. The zero-order chi connectivity index (χ0) is 13.3. The largest absolute Gasteiger partial charge is 0.388 e. The van der Waals surface area contributed by atoms with Crippen molar-refractivity contribution in [3.8, 4) is 0 Å². The minimum atomic E-state index is -0.812. The Morgan fingerprint density at radius 1 is 1.28 bits per heavy atom. The molecule has 1 aromatic rings. The molecule has 2 rings (SSSR count). The third-order valence-electron chi connectivity index (χ3n) is 3.46. The lowest BCUT2D eigenvalue weighted by Crippen LogP contribution is -2.31. The molecule has 1 fully saturated rings. The fourth-order valence-electron chi connectivity index (χ4n) is 2.24. The van der Waals surface area contributed by atoms with Gasteiger partial charge in [-0.1, -0.05) is 23.8 Å². The Morgan fingerprint density at radius 3 is 2.50 bits per heavy atom. The van der Waals surface area contributed by atoms with Crippen LogP contribution in [0.25, 0.3) is 0 Å². The van der Waals surface area contributed by atoms with Crippen LogP contribution in [-0.4, -0.2) is 46.3 Å². The number of carbonyl (C=O) groups excluding carboxylic acids is 1. The van der Waals surface area contributed by atoms with Crippen molar-refractivity contribution in [2.75, 3.05) is 13.1 Å². The van der Waals surface area contributed by atoms with Crippen molar-refractivity contribution in [2.45, 2.75) is 32.5 Å². The Balaban J connectivity index is 2.05. The third kappa shape index (κ3) is 2.71. The normalized spacial score (nSPS) is 23.4. The number of hydrogen-bond donors (Lipinski definition) is 2.